The number of rotatable bonds is 7. The summed E-state index contributed by atoms with van der Waals surface area (Å²) in [5, 5.41) is 13.4. The summed E-state index contributed by atoms with van der Waals surface area (Å²) in [6, 6.07) is 3.76. The molecule has 0 radical (unpaired) electrons. The molecule has 1 fully saturated rings. The average molecular weight is 428 g/mol. The van der Waals surface area contributed by atoms with Crippen molar-refractivity contribution < 1.29 is 32.4 Å². The standard InChI is InChI=1S/C16H20N4O8S/c21-15(17-3-8-29(25,26)18-4-6-27-7-5-18)10-19-13-9-12(20(23)24)1-2-14(13)28-11-16(19)22/h1-2,9H,3-8,10-11H2,(H,17,21). The Bertz CT molecular complexity index is 913. The van der Waals surface area contributed by atoms with Crippen molar-refractivity contribution in [3.8, 4) is 5.75 Å². The summed E-state index contributed by atoms with van der Waals surface area (Å²) in [7, 11) is -3.52. The van der Waals surface area contributed by atoms with Crippen LogP contribution in [0.1, 0.15) is 0 Å². The van der Waals surface area contributed by atoms with E-state index in [0.717, 1.165) is 11.0 Å². The van der Waals surface area contributed by atoms with E-state index in [-0.39, 0.29) is 49.1 Å². The first-order valence-electron chi connectivity index (χ1n) is 8.82. The number of nitrogens with zero attached hydrogens (tertiary/aromatic N) is 3. The van der Waals surface area contributed by atoms with Gasteiger partial charge in [0.15, 0.2) is 6.61 Å². The van der Waals surface area contributed by atoms with Crippen LogP contribution >= 0.6 is 0 Å². The molecule has 29 heavy (non-hydrogen) atoms. The van der Waals surface area contributed by atoms with Gasteiger partial charge in [-0.2, -0.15) is 4.31 Å². The topological polar surface area (TPSA) is 148 Å². The molecule has 2 aliphatic rings. The largest absolute Gasteiger partial charge is 0.482 e. The number of anilines is 1. The number of non-ortho nitro benzene ring substituents is 1. The Hall–Kier alpha value is -2.77. The van der Waals surface area contributed by atoms with Crippen molar-refractivity contribution in [1.29, 1.82) is 0 Å². The molecule has 13 heteroatoms. The number of morpholine rings is 1. The Morgan fingerprint density at radius 3 is 2.69 bits per heavy atom. The van der Waals surface area contributed by atoms with Gasteiger partial charge < -0.3 is 14.8 Å². The first-order valence-corrected chi connectivity index (χ1v) is 10.4. The second kappa shape index (κ2) is 8.71. The van der Waals surface area contributed by atoms with Crippen molar-refractivity contribution in [3.63, 3.8) is 0 Å². The van der Waals surface area contributed by atoms with Crippen LogP contribution in [0.2, 0.25) is 0 Å². The third-order valence-electron chi connectivity index (χ3n) is 4.44. The van der Waals surface area contributed by atoms with Gasteiger partial charge in [-0.3, -0.25) is 24.6 Å². The van der Waals surface area contributed by atoms with Gasteiger partial charge in [-0.1, -0.05) is 0 Å². The highest BCUT2D eigenvalue weighted by atomic mass is 32.2. The first-order chi connectivity index (χ1) is 13.8. The SMILES string of the molecule is O=C(CN1C(=O)COc2ccc([N+](=O)[O-])cc21)NCCS(=O)(=O)N1CCOCC1. The Labute approximate surface area is 166 Å². The third kappa shape index (κ3) is 4.99. The van der Waals surface area contributed by atoms with E-state index in [0.29, 0.717) is 13.2 Å². The lowest BCUT2D eigenvalue weighted by molar-refractivity contribution is -0.384. The molecule has 0 unspecified atom stereocenters. The molecule has 1 saturated heterocycles. The molecule has 2 aliphatic heterocycles. The number of hydrogen-bond donors (Lipinski definition) is 1. The number of fused-ring (bicyclic) bond motifs is 1. The van der Waals surface area contributed by atoms with Gasteiger partial charge in [0.2, 0.25) is 15.9 Å². The molecule has 0 saturated carbocycles. The quantitative estimate of drug-likeness (QED) is 0.434. The number of ether oxygens (including phenoxy) is 2. The zero-order valence-corrected chi connectivity index (χ0v) is 16.2. The highest BCUT2D eigenvalue weighted by molar-refractivity contribution is 7.89. The van der Waals surface area contributed by atoms with Crippen LogP contribution in [0.3, 0.4) is 0 Å². The summed E-state index contributed by atoms with van der Waals surface area (Å²) in [6.45, 7) is 0.366. The fraction of sp³-hybridized carbons (Fsp3) is 0.500. The zero-order valence-electron chi connectivity index (χ0n) is 15.4. The number of carbonyl (C=O) groups excluding carboxylic acids is 2. The predicted molar refractivity (Wildman–Crippen MR) is 100 cm³/mol. The fourth-order valence-electron chi connectivity index (χ4n) is 2.95. The normalized spacial score (nSPS) is 17.4. The van der Waals surface area contributed by atoms with Crippen LogP contribution in [0.15, 0.2) is 18.2 Å². The zero-order chi connectivity index (χ0) is 21.0. The molecule has 158 valence electrons. The highest BCUT2D eigenvalue weighted by Gasteiger charge is 2.29. The number of nitrogens with one attached hydrogen (secondary N) is 1. The number of nitro benzene ring substituents is 1. The van der Waals surface area contributed by atoms with Crippen molar-refractivity contribution in [2.75, 3.05) is 56.7 Å². The van der Waals surface area contributed by atoms with E-state index in [4.69, 9.17) is 9.47 Å². The van der Waals surface area contributed by atoms with Crippen LogP contribution in [0.25, 0.3) is 0 Å². The summed E-state index contributed by atoms with van der Waals surface area (Å²) in [5.41, 5.74) is -0.129. The Balaban J connectivity index is 1.60. The molecule has 0 bridgehead atoms. The molecule has 1 aromatic carbocycles. The highest BCUT2D eigenvalue weighted by Crippen LogP contribution is 2.35. The van der Waals surface area contributed by atoms with E-state index < -0.39 is 33.3 Å². The Kier molecular flexibility index (Phi) is 6.30. The van der Waals surface area contributed by atoms with Gasteiger partial charge in [-0.05, 0) is 6.07 Å². The number of carbonyl (C=O) groups is 2. The minimum atomic E-state index is -3.52. The molecule has 0 aromatic heterocycles. The molecule has 3 rings (SSSR count). The molecule has 1 N–H and O–H groups in total. The second-order valence-corrected chi connectivity index (χ2v) is 8.44. The van der Waals surface area contributed by atoms with Gasteiger partial charge >= 0.3 is 0 Å². The molecular weight excluding hydrogens is 408 g/mol. The molecule has 2 amide bonds. The number of nitro groups is 1. The Morgan fingerprint density at radius 2 is 2.00 bits per heavy atom. The molecule has 0 atom stereocenters. The summed E-state index contributed by atoms with van der Waals surface area (Å²) in [5.74, 6) is -1.15. The van der Waals surface area contributed by atoms with Crippen molar-refractivity contribution in [2.24, 2.45) is 0 Å². The van der Waals surface area contributed by atoms with Gasteiger partial charge in [0, 0.05) is 31.8 Å². The second-order valence-electron chi connectivity index (χ2n) is 6.36. The van der Waals surface area contributed by atoms with E-state index in [9.17, 15) is 28.1 Å². The maximum absolute atomic E-state index is 12.2. The molecule has 0 aliphatic carbocycles. The van der Waals surface area contributed by atoms with Crippen molar-refractivity contribution >= 4 is 33.2 Å². The summed E-state index contributed by atoms with van der Waals surface area (Å²) in [6.07, 6.45) is 0. The lowest BCUT2D eigenvalue weighted by Crippen LogP contribution is -2.47. The number of amides is 2. The van der Waals surface area contributed by atoms with Crippen LogP contribution in [0.4, 0.5) is 11.4 Å². The lowest BCUT2D eigenvalue weighted by Gasteiger charge is -2.28. The van der Waals surface area contributed by atoms with Gasteiger partial charge in [0.1, 0.15) is 12.3 Å². The molecule has 1 aromatic rings. The van der Waals surface area contributed by atoms with Crippen LogP contribution in [-0.4, -0.2) is 81.2 Å². The van der Waals surface area contributed by atoms with Gasteiger partial charge in [0.25, 0.3) is 11.6 Å². The Morgan fingerprint density at radius 1 is 1.28 bits per heavy atom. The summed E-state index contributed by atoms with van der Waals surface area (Å²) in [4.78, 5) is 35.8. The van der Waals surface area contributed by atoms with Crippen LogP contribution in [0, 0.1) is 10.1 Å². The van der Waals surface area contributed by atoms with E-state index in [1.165, 1.54) is 16.4 Å². The van der Waals surface area contributed by atoms with E-state index in [1.54, 1.807) is 0 Å². The molecule has 0 spiro atoms. The molecule has 12 nitrogen and oxygen atoms in total. The summed E-state index contributed by atoms with van der Waals surface area (Å²) >= 11 is 0. The average Bonchev–Trinajstić information content (AvgIpc) is 2.70. The van der Waals surface area contributed by atoms with E-state index >= 15 is 0 Å². The van der Waals surface area contributed by atoms with Gasteiger partial charge in [-0.15, -0.1) is 0 Å². The van der Waals surface area contributed by atoms with Gasteiger partial charge in [-0.25, -0.2) is 8.42 Å². The number of hydrogen-bond acceptors (Lipinski definition) is 8. The van der Waals surface area contributed by atoms with E-state index in [2.05, 4.69) is 5.32 Å². The van der Waals surface area contributed by atoms with Crippen molar-refractivity contribution in [2.45, 2.75) is 0 Å². The minimum Gasteiger partial charge on any atom is -0.482 e. The summed E-state index contributed by atoms with van der Waals surface area (Å²) < 4.78 is 36.2. The minimum absolute atomic E-state index is 0.117. The van der Waals surface area contributed by atoms with Crippen molar-refractivity contribution in [1.82, 2.24) is 9.62 Å². The maximum Gasteiger partial charge on any atom is 0.271 e. The number of sulfonamides is 1. The first kappa shape index (κ1) is 21.0. The lowest BCUT2D eigenvalue weighted by atomic mass is 10.2. The smallest absolute Gasteiger partial charge is 0.271 e. The van der Waals surface area contributed by atoms with Crippen LogP contribution in [-0.2, 0) is 24.3 Å². The third-order valence-corrected chi connectivity index (χ3v) is 6.32. The maximum atomic E-state index is 12.2. The van der Waals surface area contributed by atoms with Crippen molar-refractivity contribution in [3.05, 3.63) is 28.3 Å². The molecular formula is C16H20N4O8S. The predicted octanol–water partition coefficient (Wildman–Crippen LogP) is -0.902. The van der Waals surface area contributed by atoms with E-state index in [1.807, 2.05) is 0 Å². The van der Waals surface area contributed by atoms with Crippen LogP contribution < -0.4 is 15.0 Å². The van der Waals surface area contributed by atoms with Gasteiger partial charge in [0.05, 0.1) is 29.6 Å². The monoisotopic (exact) mass is 428 g/mol. The fourth-order valence-corrected chi connectivity index (χ4v) is 4.27. The number of benzene rings is 1. The van der Waals surface area contributed by atoms with Crippen LogP contribution in [0.5, 0.6) is 5.75 Å². The molecule has 2 heterocycles.